The second-order valence-corrected chi connectivity index (χ2v) is 4.58. The molecule has 1 nitrogen and oxygen atoms in total. The molecule has 4 heteroatoms. The zero-order valence-corrected chi connectivity index (χ0v) is 9.53. The molecule has 78 valence electrons. The first kappa shape index (κ1) is 11.6. The van der Waals surface area contributed by atoms with Crippen molar-refractivity contribution in [2.75, 3.05) is 6.61 Å². The van der Waals surface area contributed by atoms with Crippen LogP contribution in [-0.4, -0.2) is 11.7 Å². The van der Waals surface area contributed by atoms with Gasteiger partial charge >= 0.3 is 0 Å². The van der Waals surface area contributed by atoms with Gasteiger partial charge < -0.3 is 5.11 Å². The Balaban J connectivity index is 3.34. The van der Waals surface area contributed by atoms with Crippen molar-refractivity contribution < 1.29 is 13.9 Å². The number of aliphatic hydroxyl groups is 1. The lowest BCUT2D eigenvalue weighted by molar-refractivity contribution is 0.217. The predicted molar refractivity (Wildman–Crippen MR) is 54.2 cm³/mol. The van der Waals surface area contributed by atoms with Gasteiger partial charge in [-0.15, -0.1) is 0 Å². The highest BCUT2D eigenvalue weighted by atomic mass is 79.9. The van der Waals surface area contributed by atoms with Gasteiger partial charge in [-0.25, -0.2) is 8.78 Å². The van der Waals surface area contributed by atoms with Gasteiger partial charge in [0.2, 0.25) is 0 Å². The number of benzene rings is 1. The van der Waals surface area contributed by atoms with Gasteiger partial charge in [-0.3, -0.25) is 0 Å². The molecule has 0 saturated heterocycles. The van der Waals surface area contributed by atoms with Crippen LogP contribution in [0.25, 0.3) is 0 Å². The van der Waals surface area contributed by atoms with Crippen molar-refractivity contribution in [3.63, 3.8) is 0 Å². The summed E-state index contributed by atoms with van der Waals surface area (Å²) in [6.45, 7) is 3.26. The highest BCUT2D eigenvalue weighted by Crippen LogP contribution is 2.32. The van der Waals surface area contributed by atoms with Gasteiger partial charge in [0.05, 0.1) is 11.1 Å². The summed E-state index contributed by atoms with van der Waals surface area (Å²) in [6, 6.07) is 2.03. The first-order chi connectivity index (χ1) is 6.38. The minimum absolute atomic E-state index is 0.172. The molecule has 0 bridgehead atoms. The standard InChI is InChI=1S/C10H11BrF2O/c1-10(2,5-14)7-3-6(12)4-8(13)9(7)11/h3-4,14H,5H2,1-2H3. The average molecular weight is 265 g/mol. The van der Waals surface area contributed by atoms with Crippen LogP contribution in [0, 0.1) is 11.6 Å². The van der Waals surface area contributed by atoms with Crippen LogP contribution in [0.5, 0.6) is 0 Å². The first-order valence-corrected chi connectivity index (χ1v) is 4.93. The Labute approximate surface area is 89.9 Å². The maximum atomic E-state index is 13.1. The van der Waals surface area contributed by atoms with Gasteiger partial charge in [0.25, 0.3) is 0 Å². The summed E-state index contributed by atoms with van der Waals surface area (Å²) >= 11 is 3.04. The maximum Gasteiger partial charge on any atom is 0.140 e. The van der Waals surface area contributed by atoms with Gasteiger partial charge in [0.15, 0.2) is 0 Å². The monoisotopic (exact) mass is 264 g/mol. The molecule has 0 aliphatic rings. The molecule has 0 aliphatic carbocycles. The van der Waals surface area contributed by atoms with Crippen LogP contribution in [0.1, 0.15) is 19.4 Å². The van der Waals surface area contributed by atoms with E-state index in [-0.39, 0.29) is 11.1 Å². The number of rotatable bonds is 2. The van der Waals surface area contributed by atoms with Crippen LogP contribution < -0.4 is 0 Å². The van der Waals surface area contributed by atoms with E-state index in [0.717, 1.165) is 6.07 Å². The summed E-state index contributed by atoms with van der Waals surface area (Å²) in [5.74, 6) is -1.29. The fourth-order valence-corrected chi connectivity index (χ4v) is 1.90. The highest BCUT2D eigenvalue weighted by molar-refractivity contribution is 9.10. The van der Waals surface area contributed by atoms with Crippen molar-refractivity contribution in [2.45, 2.75) is 19.3 Å². The molecule has 1 aromatic rings. The summed E-state index contributed by atoms with van der Waals surface area (Å²) < 4.78 is 26.3. The van der Waals surface area contributed by atoms with Crippen LogP contribution in [0.15, 0.2) is 16.6 Å². The third kappa shape index (κ3) is 2.12. The van der Waals surface area contributed by atoms with Crippen molar-refractivity contribution in [3.05, 3.63) is 33.8 Å². The summed E-state index contributed by atoms with van der Waals surface area (Å²) in [6.07, 6.45) is 0. The van der Waals surface area contributed by atoms with Crippen LogP contribution in [0.3, 0.4) is 0 Å². The molecule has 0 atom stereocenters. The highest BCUT2D eigenvalue weighted by Gasteiger charge is 2.24. The maximum absolute atomic E-state index is 13.1. The third-order valence-corrected chi connectivity index (χ3v) is 2.92. The molecule has 0 radical (unpaired) electrons. The van der Waals surface area contributed by atoms with Gasteiger partial charge in [-0.1, -0.05) is 13.8 Å². The summed E-state index contributed by atoms with van der Waals surface area (Å²) in [5.41, 5.74) is -0.237. The molecule has 0 aromatic heterocycles. The van der Waals surface area contributed by atoms with Crippen molar-refractivity contribution in [1.29, 1.82) is 0 Å². The lowest BCUT2D eigenvalue weighted by atomic mass is 9.85. The minimum atomic E-state index is -0.665. The van der Waals surface area contributed by atoms with E-state index >= 15 is 0 Å². The molecule has 0 fully saturated rings. The molecule has 1 N–H and O–H groups in total. The largest absolute Gasteiger partial charge is 0.395 e. The van der Waals surface area contributed by atoms with E-state index in [1.165, 1.54) is 6.07 Å². The van der Waals surface area contributed by atoms with Gasteiger partial charge in [-0.2, -0.15) is 0 Å². The molecule has 0 unspecified atom stereocenters. The Bertz CT molecular complexity index is 350. The minimum Gasteiger partial charge on any atom is -0.395 e. The average Bonchev–Trinajstić information content (AvgIpc) is 2.11. The van der Waals surface area contributed by atoms with Crippen molar-refractivity contribution >= 4 is 15.9 Å². The fourth-order valence-electron chi connectivity index (χ4n) is 1.13. The number of halogens is 3. The molecule has 0 amide bonds. The molecule has 0 aliphatic heterocycles. The van der Waals surface area contributed by atoms with Crippen LogP contribution in [0.4, 0.5) is 8.78 Å². The van der Waals surface area contributed by atoms with Crippen molar-refractivity contribution in [3.8, 4) is 0 Å². The molecule has 1 rings (SSSR count). The Hall–Kier alpha value is -0.480. The lowest BCUT2D eigenvalue weighted by Gasteiger charge is -2.23. The van der Waals surface area contributed by atoms with Crippen molar-refractivity contribution in [1.82, 2.24) is 0 Å². The molecular weight excluding hydrogens is 254 g/mol. The molecular formula is C10H11BrF2O. The van der Waals surface area contributed by atoms with E-state index in [4.69, 9.17) is 5.11 Å². The van der Waals surface area contributed by atoms with Crippen LogP contribution >= 0.6 is 15.9 Å². The topological polar surface area (TPSA) is 20.2 Å². The van der Waals surface area contributed by atoms with E-state index in [9.17, 15) is 8.78 Å². The van der Waals surface area contributed by atoms with Crippen molar-refractivity contribution in [2.24, 2.45) is 0 Å². The smallest absolute Gasteiger partial charge is 0.140 e. The lowest BCUT2D eigenvalue weighted by Crippen LogP contribution is -2.23. The molecule has 0 heterocycles. The van der Waals surface area contributed by atoms with Crippen LogP contribution in [-0.2, 0) is 5.41 Å². The molecule has 0 spiro atoms. The van der Waals surface area contributed by atoms with Crippen LogP contribution in [0.2, 0.25) is 0 Å². The van der Waals surface area contributed by atoms with E-state index in [0.29, 0.717) is 5.56 Å². The zero-order chi connectivity index (χ0) is 10.9. The number of hydrogen-bond donors (Lipinski definition) is 1. The molecule has 1 aromatic carbocycles. The second kappa shape index (κ2) is 3.95. The Morgan fingerprint density at radius 2 is 1.93 bits per heavy atom. The first-order valence-electron chi connectivity index (χ1n) is 4.14. The summed E-state index contributed by atoms with van der Waals surface area (Å²) in [5, 5.41) is 9.09. The van der Waals surface area contributed by atoms with E-state index in [1.807, 2.05) is 0 Å². The number of aliphatic hydroxyl groups excluding tert-OH is 1. The van der Waals surface area contributed by atoms with Gasteiger partial charge in [0.1, 0.15) is 11.6 Å². The fraction of sp³-hybridized carbons (Fsp3) is 0.400. The SMILES string of the molecule is CC(C)(CO)c1cc(F)cc(F)c1Br. The molecule has 14 heavy (non-hydrogen) atoms. The predicted octanol–water partition coefficient (Wildman–Crippen LogP) is 3.00. The van der Waals surface area contributed by atoms with E-state index in [2.05, 4.69) is 15.9 Å². The second-order valence-electron chi connectivity index (χ2n) is 3.79. The van der Waals surface area contributed by atoms with Gasteiger partial charge in [0, 0.05) is 11.5 Å². The van der Waals surface area contributed by atoms with E-state index < -0.39 is 17.0 Å². The normalized spacial score (nSPS) is 11.9. The van der Waals surface area contributed by atoms with E-state index in [1.54, 1.807) is 13.8 Å². The quantitative estimate of drug-likeness (QED) is 0.815. The molecule has 0 saturated carbocycles. The Morgan fingerprint density at radius 1 is 1.36 bits per heavy atom. The summed E-state index contributed by atoms with van der Waals surface area (Å²) in [7, 11) is 0. The van der Waals surface area contributed by atoms with Gasteiger partial charge in [-0.05, 0) is 27.6 Å². The third-order valence-electron chi connectivity index (χ3n) is 2.12. The Morgan fingerprint density at radius 3 is 2.43 bits per heavy atom. The Kier molecular flexibility index (Phi) is 3.27. The zero-order valence-electron chi connectivity index (χ0n) is 7.94. The number of hydrogen-bond acceptors (Lipinski definition) is 1. The summed E-state index contributed by atoms with van der Waals surface area (Å²) in [4.78, 5) is 0.